The van der Waals surface area contributed by atoms with Crippen molar-refractivity contribution in [2.45, 2.75) is 12.5 Å². The Kier molecular flexibility index (Phi) is 4.15. The molecular formula is C11H11ClF2N2. The van der Waals surface area contributed by atoms with Gasteiger partial charge in [0.05, 0.1) is 11.2 Å². The molecule has 86 valence electrons. The van der Waals surface area contributed by atoms with Gasteiger partial charge in [0, 0.05) is 5.39 Å². The second kappa shape index (κ2) is 5.18. The van der Waals surface area contributed by atoms with E-state index in [1.165, 1.54) is 0 Å². The van der Waals surface area contributed by atoms with E-state index in [-0.39, 0.29) is 18.1 Å². The number of nitrogens with zero attached hydrogens (tertiary/aromatic N) is 1. The minimum absolute atomic E-state index is 0. The van der Waals surface area contributed by atoms with Crippen LogP contribution < -0.4 is 5.73 Å². The van der Waals surface area contributed by atoms with Gasteiger partial charge in [-0.2, -0.15) is 0 Å². The number of aromatic nitrogens is 1. The number of hydrogen-bond donors (Lipinski definition) is 1. The van der Waals surface area contributed by atoms with Gasteiger partial charge in [-0.25, -0.2) is 8.78 Å². The van der Waals surface area contributed by atoms with Gasteiger partial charge in [-0.3, -0.25) is 4.98 Å². The van der Waals surface area contributed by atoms with Crippen molar-refractivity contribution in [3.8, 4) is 0 Å². The lowest BCUT2D eigenvalue weighted by Gasteiger charge is -2.10. The quantitative estimate of drug-likeness (QED) is 0.882. The zero-order valence-electron chi connectivity index (χ0n) is 8.31. The maximum atomic E-state index is 12.3. The van der Waals surface area contributed by atoms with Crippen LogP contribution in [0.5, 0.6) is 0 Å². The van der Waals surface area contributed by atoms with Gasteiger partial charge in [0.2, 0.25) is 0 Å². The predicted octanol–water partition coefficient (Wildman–Crippen LogP) is 2.92. The Morgan fingerprint density at radius 1 is 1.06 bits per heavy atom. The van der Waals surface area contributed by atoms with Gasteiger partial charge in [-0.15, -0.1) is 12.4 Å². The van der Waals surface area contributed by atoms with Crippen molar-refractivity contribution in [2.24, 2.45) is 5.73 Å². The summed E-state index contributed by atoms with van der Waals surface area (Å²) in [7, 11) is 0. The number of rotatable bonds is 2. The number of hydrogen-bond acceptors (Lipinski definition) is 2. The molecule has 1 aromatic carbocycles. The molecule has 0 bridgehead atoms. The first-order chi connectivity index (χ1) is 7.18. The van der Waals surface area contributed by atoms with E-state index in [2.05, 4.69) is 4.98 Å². The third kappa shape index (κ3) is 2.46. The molecule has 2 aromatic rings. The van der Waals surface area contributed by atoms with Crippen LogP contribution in [0.2, 0.25) is 0 Å². The van der Waals surface area contributed by atoms with E-state index in [9.17, 15) is 8.78 Å². The van der Waals surface area contributed by atoms with E-state index in [1.54, 1.807) is 18.2 Å². The van der Waals surface area contributed by atoms with Gasteiger partial charge >= 0.3 is 0 Å². The molecule has 1 heterocycles. The van der Waals surface area contributed by atoms with Crippen molar-refractivity contribution in [3.63, 3.8) is 0 Å². The molecule has 0 fully saturated rings. The van der Waals surface area contributed by atoms with Crippen molar-refractivity contribution in [2.75, 3.05) is 0 Å². The van der Waals surface area contributed by atoms with Crippen LogP contribution in [0.15, 0.2) is 36.4 Å². The fourth-order valence-electron chi connectivity index (χ4n) is 1.40. The number of fused-ring (bicyclic) bond motifs is 1. The van der Waals surface area contributed by atoms with E-state index in [4.69, 9.17) is 5.73 Å². The van der Waals surface area contributed by atoms with Crippen molar-refractivity contribution in [1.29, 1.82) is 0 Å². The molecule has 1 aromatic heterocycles. The van der Waals surface area contributed by atoms with E-state index < -0.39 is 12.5 Å². The lowest BCUT2D eigenvalue weighted by Crippen LogP contribution is -2.20. The topological polar surface area (TPSA) is 38.9 Å². The standard InChI is InChI=1S/C11H10F2N2.ClH/c12-11(13)10(14)9-6-5-7-3-1-2-4-8(7)15-9;/h1-6,10-11H,14H2;1H/t10-;/m1./s1. The first-order valence-electron chi connectivity index (χ1n) is 4.58. The maximum absolute atomic E-state index is 12.3. The number of pyridine rings is 1. The Hall–Kier alpha value is -1.26. The Morgan fingerprint density at radius 2 is 1.75 bits per heavy atom. The highest BCUT2D eigenvalue weighted by Crippen LogP contribution is 2.19. The zero-order chi connectivity index (χ0) is 10.8. The van der Waals surface area contributed by atoms with Gasteiger partial charge in [0.1, 0.15) is 6.04 Å². The van der Waals surface area contributed by atoms with Crippen LogP contribution in [0.3, 0.4) is 0 Å². The first-order valence-corrected chi connectivity index (χ1v) is 4.58. The van der Waals surface area contributed by atoms with Crippen LogP contribution in [-0.2, 0) is 0 Å². The molecule has 0 aliphatic carbocycles. The Balaban J connectivity index is 0.00000128. The zero-order valence-corrected chi connectivity index (χ0v) is 9.12. The van der Waals surface area contributed by atoms with Gasteiger partial charge in [-0.05, 0) is 12.1 Å². The first kappa shape index (κ1) is 12.8. The maximum Gasteiger partial charge on any atom is 0.259 e. The molecule has 0 saturated heterocycles. The van der Waals surface area contributed by atoms with Crippen molar-refractivity contribution in [3.05, 3.63) is 42.1 Å². The molecule has 0 saturated carbocycles. The van der Waals surface area contributed by atoms with Gasteiger partial charge in [0.15, 0.2) is 0 Å². The molecule has 0 aliphatic heterocycles. The molecule has 2 nitrogen and oxygen atoms in total. The summed E-state index contributed by atoms with van der Waals surface area (Å²) in [4.78, 5) is 4.09. The smallest absolute Gasteiger partial charge is 0.259 e. The summed E-state index contributed by atoms with van der Waals surface area (Å²) in [5.41, 5.74) is 6.23. The highest BCUT2D eigenvalue weighted by Gasteiger charge is 2.18. The average Bonchev–Trinajstić information content (AvgIpc) is 2.27. The molecule has 0 aliphatic rings. The molecule has 0 amide bonds. The molecule has 5 heteroatoms. The van der Waals surface area contributed by atoms with Gasteiger partial charge < -0.3 is 5.73 Å². The third-order valence-corrected chi connectivity index (χ3v) is 2.23. The lowest BCUT2D eigenvalue weighted by atomic mass is 10.1. The molecule has 1 atom stereocenters. The van der Waals surface area contributed by atoms with Crippen LogP contribution >= 0.6 is 12.4 Å². The summed E-state index contributed by atoms with van der Waals surface area (Å²) in [6.07, 6.45) is -2.58. The average molecular weight is 245 g/mol. The SMILES string of the molecule is Cl.N[C@H](c1ccc2ccccc2n1)C(F)F. The van der Waals surface area contributed by atoms with Crippen molar-refractivity contribution < 1.29 is 8.78 Å². The number of alkyl halides is 2. The predicted molar refractivity (Wildman–Crippen MR) is 61.9 cm³/mol. The van der Waals surface area contributed by atoms with E-state index in [1.807, 2.05) is 18.2 Å². The number of nitrogens with two attached hydrogens (primary N) is 1. The van der Waals surface area contributed by atoms with Crippen molar-refractivity contribution >= 4 is 23.3 Å². The molecule has 16 heavy (non-hydrogen) atoms. The minimum Gasteiger partial charge on any atom is -0.318 e. The highest BCUT2D eigenvalue weighted by molar-refractivity contribution is 5.85. The second-order valence-corrected chi connectivity index (χ2v) is 3.29. The summed E-state index contributed by atoms with van der Waals surface area (Å²) >= 11 is 0. The minimum atomic E-state index is -2.58. The van der Waals surface area contributed by atoms with Crippen LogP contribution in [0.1, 0.15) is 11.7 Å². The number of para-hydroxylation sites is 1. The largest absolute Gasteiger partial charge is 0.318 e. The van der Waals surface area contributed by atoms with Crippen LogP contribution in [0.4, 0.5) is 8.78 Å². The summed E-state index contributed by atoms with van der Waals surface area (Å²) in [6.45, 7) is 0. The lowest BCUT2D eigenvalue weighted by molar-refractivity contribution is 0.115. The second-order valence-electron chi connectivity index (χ2n) is 3.29. The molecular weight excluding hydrogens is 234 g/mol. The molecule has 0 spiro atoms. The molecule has 0 radical (unpaired) electrons. The molecule has 2 rings (SSSR count). The third-order valence-electron chi connectivity index (χ3n) is 2.23. The fraction of sp³-hybridized carbons (Fsp3) is 0.182. The van der Waals surface area contributed by atoms with E-state index in [0.29, 0.717) is 5.52 Å². The van der Waals surface area contributed by atoms with E-state index >= 15 is 0 Å². The summed E-state index contributed by atoms with van der Waals surface area (Å²) in [5.74, 6) is 0. The Bertz CT molecular complexity index is 476. The Labute approximate surface area is 97.9 Å². The molecule has 0 unspecified atom stereocenters. The summed E-state index contributed by atoms with van der Waals surface area (Å²) < 4.78 is 24.7. The van der Waals surface area contributed by atoms with Gasteiger partial charge in [-0.1, -0.05) is 24.3 Å². The monoisotopic (exact) mass is 244 g/mol. The van der Waals surface area contributed by atoms with Crippen LogP contribution in [-0.4, -0.2) is 11.4 Å². The van der Waals surface area contributed by atoms with Crippen LogP contribution in [0, 0.1) is 0 Å². The number of benzene rings is 1. The number of halogens is 3. The fourth-order valence-corrected chi connectivity index (χ4v) is 1.40. The summed E-state index contributed by atoms with van der Waals surface area (Å²) in [5, 5.41) is 0.919. The summed E-state index contributed by atoms with van der Waals surface area (Å²) in [6, 6.07) is 9.31. The highest BCUT2D eigenvalue weighted by atomic mass is 35.5. The van der Waals surface area contributed by atoms with Crippen LogP contribution in [0.25, 0.3) is 10.9 Å². The Morgan fingerprint density at radius 3 is 2.44 bits per heavy atom. The normalized spacial score (nSPS) is 12.5. The molecule has 2 N–H and O–H groups in total. The van der Waals surface area contributed by atoms with E-state index in [0.717, 1.165) is 5.39 Å². The van der Waals surface area contributed by atoms with Crippen molar-refractivity contribution in [1.82, 2.24) is 4.98 Å². The van der Waals surface area contributed by atoms with Gasteiger partial charge in [0.25, 0.3) is 6.43 Å².